The van der Waals surface area contributed by atoms with E-state index in [-0.39, 0.29) is 11.8 Å². The fraction of sp³-hybridized carbons (Fsp3) is 0.875. The minimum Gasteiger partial charge on any atom is -0.480 e. The van der Waals surface area contributed by atoms with Crippen molar-refractivity contribution in [1.82, 2.24) is 0 Å². The third kappa shape index (κ3) is 3.69. The number of carbonyl (C=O) groups is 1. The monoisotopic (exact) mass is 175 g/mol. The summed E-state index contributed by atoms with van der Waals surface area (Å²) in [7, 11) is 0. The summed E-state index contributed by atoms with van der Waals surface area (Å²) < 4.78 is 0. The van der Waals surface area contributed by atoms with E-state index in [4.69, 9.17) is 10.8 Å². The van der Waals surface area contributed by atoms with Crippen molar-refractivity contribution in [2.24, 2.45) is 11.1 Å². The van der Waals surface area contributed by atoms with Gasteiger partial charge in [0, 0.05) is 0 Å². The third-order valence-electron chi connectivity index (χ3n) is 1.79. The van der Waals surface area contributed by atoms with Crippen LogP contribution in [-0.4, -0.2) is 28.3 Å². The zero-order chi connectivity index (χ0) is 9.94. The molecule has 0 heterocycles. The number of hydrogen-bond acceptors (Lipinski definition) is 3. The Morgan fingerprint density at radius 1 is 1.50 bits per heavy atom. The number of aliphatic carboxylic acids is 1. The van der Waals surface area contributed by atoms with Gasteiger partial charge in [-0.1, -0.05) is 20.8 Å². The first kappa shape index (κ1) is 11.4. The lowest BCUT2D eigenvalue weighted by Gasteiger charge is -2.26. The second-order valence-electron chi connectivity index (χ2n) is 4.06. The highest BCUT2D eigenvalue weighted by molar-refractivity contribution is 5.73. The van der Waals surface area contributed by atoms with Crippen LogP contribution in [0.5, 0.6) is 0 Å². The van der Waals surface area contributed by atoms with Gasteiger partial charge in [0.25, 0.3) is 0 Å². The average molecular weight is 175 g/mol. The predicted molar refractivity (Wildman–Crippen MR) is 45.7 cm³/mol. The first-order valence-corrected chi connectivity index (χ1v) is 3.91. The van der Waals surface area contributed by atoms with Crippen LogP contribution in [0, 0.1) is 5.41 Å². The molecule has 4 N–H and O–H groups in total. The molecule has 0 bridgehead atoms. The highest BCUT2D eigenvalue weighted by atomic mass is 16.4. The Labute approximate surface area is 72.4 Å². The minimum absolute atomic E-state index is 0.0961. The fourth-order valence-corrected chi connectivity index (χ4v) is 0.695. The maximum atomic E-state index is 10.3. The number of nitrogens with two attached hydrogens (primary N) is 1. The second-order valence-corrected chi connectivity index (χ2v) is 4.06. The molecule has 4 heteroatoms. The fourth-order valence-electron chi connectivity index (χ4n) is 0.695. The summed E-state index contributed by atoms with van der Waals surface area (Å²) in [5.74, 6) is -1.07. The van der Waals surface area contributed by atoms with Gasteiger partial charge in [0.1, 0.15) is 6.04 Å². The summed E-state index contributed by atoms with van der Waals surface area (Å²) in [6, 6.07) is -0.973. The van der Waals surface area contributed by atoms with Crippen LogP contribution in [0.2, 0.25) is 0 Å². The van der Waals surface area contributed by atoms with Gasteiger partial charge in [0.2, 0.25) is 0 Å². The SMILES string of the molecule is CC(C)(C)C(O)C[C@H](N)C(=O)O. The van der Waals surface area contributed by atoms with Crippen LogP contribution in [0.15, 0.2) is 0 Å². The lowest BCUT2D eigenvalue weighted by molar-refractivity contribution is -0.139. The molecule has 0 aromatic heterocycles. The molecule has 0 spiro atoms. The Morgan fingerprint density at radius 3 is 2.17 bits per heavy atom. The molecule has 0 aromatic rings. The van der Waals surface area contributed by atoms with E-state index in [2.05, 4.69) is 0 Å². The Balaban J connectivity index is 4.01. The van der Waals surface area contributed by atoms with E-state index in [9.17, 15) is 9.90 Å². The first-order chi connectivity index (χ1) is 5.25. The van der Waals surface area contributed by atoms with Gasteiger partial charge in [0.05, 0.1) is 6.10 Å². The molecule has 0 fully saturated rings. The normalized spacial score (nSPS) is 17.1. The van der Waals surface area contributed by atoms with Gasteiger partial charge < -0.3 is 15.9 Å². The largest absolute Gasteiger partial charge is 0.480 e. The molecule has 2 atom stereocenters. The standard InChI is InChI=1S/C8H17NO3/c1-8(2,3)6(10)4-5(9)7(11)12/h5-6,10H,4,9H2,1-3H3,(H,11,12)/t5-,6?/m0/s1. The average Bonchev–Trinajstić information content (AvgIpc) is 1.85. The molecule has 0 aliphatic heterocycles. The molecule has 0 saturated heterocycles. The van der Waals surface area contributed by atoms with Crippen molar-refractivity contribution in [3.05, 3.63) is 0 Å². The van der Waals surface area contributed by atoms with Crippen LogP contribution in [0.4, 0.5) is 0 Å². The number of aliphatic hydroxyl groups excluding tert-OH is 1. The van der Waals surface area contributed by atoms with Gasteiger partial charge >= 0.3 is 5.97 Å². The summed E-state index contributed by atoms with van der Waals surface area (Å²) in [5.41, 5.74) is 4.94. The van der Waals surface area contributed by atoms with E-state index in [0.717, 1.165) is 0 Å². The van der Waals surface area contributed by atoms with E-state index in [1.54, 1.807) is 0 Å². The summed E-state index contributed by atoms with van der Waals surface area (Å²) in [6.07, 6.45) is -0.581. The molecule has 0 aromatic carbocycles. The van der Waals surface area contributed by atoms with Crippen molar-refractivity contribution < 1.29 is 15.0 Å². The van der Waals surface area contributed by atoms with E-state index >= 15 is 0 Å². The predicted octanol–water partition coefficient (Wildman–Crippen LogP) is 0.195. The van der Waals surface area contributed by atoms with Crippen LogP contribution in [0.3, 0.4) is 0 Å². The van der Waals surface area contributed by atoms with Crippen LogP contribution in [0.25, 0.3) is 0 Å². The third-order valence-corrected chi connectivity index (χ3v) is 1.79. The van der Waals surface area contributed by atoms with Crippen molar-refractivity contribution in [3.8, 4) is 0 Å². The summed E-state index contributed by atoms with van der Waals surface area (Å²) in [4.78, 5) is 10.3. The zero-order valence-electron chi connectivity index (χ0n) is 7.74. The van der Waals surface area contributed by atoms with Gasteiger partial charge in [-0.3, -0.25) is 4.79 Å². The van der Waals surface area contributed by atoms with Crippen LogP contribution < -0.4 is 5.73 Å². The second kappa shape index (κ2) is 3.87. The van der Waals surface area contributed by atoms with Crippen LogP contribution in [-0.2, 0) is 4.79 Å². The number of carboxylic acids is 1. The molecule has 0 radical (unpaired) electrons. The van der Waals surface area contributed by atoms with E-state index in [1.807, 2.05) is 20.8 Å². The smallest absolute Gasteiger partial charge is 0.320 e. The molecule has 1 unspecified atom stereocenters. The Kier molecular flexibility index (Phi) is 3.67. The van der Waals surface area contributed by atoms with Gasteiger partial charge in [-0.05, 0) is 11.8 Å². The van der Waals surface area contributed by atoms with Crippen molar-refractivity contribution in [2.75, 3.05) is 0 Å². The van der Waals surface area contributed by atoms with E-state index in [0.29, 0.717) is 0 Å². The van der Waals surface area contributed by atoms with Crippen molar-refractivity contribution in [2.45, 2.75) is 39.3 Å². The number of carboxylic acid groups (broad SMARTS) is 1. The molecule has 0 aliphatic carbocycles. The van der Waals surface area contributed by atoms with Gasteiger partial charge in [-0.25, -0.2) is 0 Å². The quantitative estimate of drug-likeness (QED) is 0.572. The van der Waals surface area contributed by atoms with Crippen molar-refractivity contribution in [3.63, 3.8) is 0 Å². The molecule has 4 nitrogen and oxygen atoms in total. The van der Waals surface area contributed by atoms with Crippen molar-refractivity contribution in [1.29, 1.82) is 0 Å². The minimum atomic E-state index is -1.07. The Hall–Kier alpha value is -0.610. The highest BCUT2D eigenvalue weighted by Gasteiger charge is 2.26. The molecule has 72 valence electrons. The van der Waals surface area contributed by atoms with Crippen LogP contribution >= 0.6 is 0 Å². The van der Waals surface area contributed by atoms with Gasteiger partial charge in [0.15, 0.2) is 0 Å². The maximum absolute atomic E-state index is 10.3. The summed E-state index contributed by atoms with van der Waals surface area (Å²) in [5, 5.41) is 17.9. The molecular formula is C8H17NO3. The van der Waals surface area contributed by atoms with Gasteiger partial charge in [-0.2, -0.15) is 0 Å². The Bertz CT molecular complexity index is 162. The molecule has 0 aliphatic rings. The topological polar surface area (TPSA) is 83.5 Å². The lowest BCUT2D eigenvalue weighted by Crippen LogP contribution is -2.38. The first-order valence-electron chi connectivity index (χ1n) is 3.91. The summed E-state index contributed by atoms with van der Waals surface area (Å²) in [6.45, 7) is 5.52. The molecule has 0 rings (SSSR count). The summed E-state index contributed by atoms with van der Waals surface area (Å²) >= 11 is 0. The number of hydrogen-bond donors (Lipinski definition) is 3. The van der Waals surface area contributed by atoms with Gasteiger partial charge in [-0.15, -0.1) is 0 Å². The molecule has 0 amide bonds. The highest BCUT2D eigenvalue weighted by Crippen LogP contribution is 2.22. The molecule has 0 saturated carbocycles. The molecule has 12 heavy (non-hydrogen) atoms. The molecular weight excluding hydrogens is 158 g/mol. The maximum Gasteiger partial charge on any atom is 0.320 e. The number of aliphatic hydroxyl groups is 1. The van der Waals surface area contributed by atoms with E-state index < -0.39 is 18.1 Å². The van der Waals surface area contributed by atoms with Crippen molar-refractivity contribution >= 4 is 5.97 Å². The number of rotatable bonds is 3. The lowest BCUT2D eigenvalue weighted by atomic mass is 9.85. The zero-order valence-corrected chi connectivity index (χ0v) is 7.74. The Morgan fingerprint density at radius 2 is 1.92 bits per heavy atom. The van der Waals surface area contributed by atoms with Crippen LogP contribution in [0.1, 0.15) is 27.2 Å². The van der Waals surface area contributed by atoms with E-state index in [1.165, 1.54) is 0 Å².